The highest BCUT2D eigenvalue weighted by atomic mass is 16.6. The van der Waals surface area contributed by atoms with Gasteiger partial charge in [-0.2, -0.15) is 0 Å². The molecule has 1 atom stereocenters. The van der Waals surface area contributed by atoms with E-state index in [1.54, 1.807) is 37.6 Å². The molecule has 0 spiro atoms. The molecule has 1 amide bonds. The van der Waals surface area contributed by atoms with Crippen LogP contribution >= 0.6 is 0 Å². The average Bonchev–Trinajstić information content (AvgIpc) is 3.36. The number of nitrogens with zero attached hydrogens (tertiary/aromatic N) is 4. The lowest BCUT2D eigenvalue weighted by Gasteiger charge is -2.32. The van der Waals surface area contributed by atoms with Crippen LogP contribution < -0.4 is 21.4 Å². The van der Waals surface area contributed by atoms with Gasteiger partial charge in [0.25, 0.3) is 5.91 Å². The van der Waals surface area contributed by atoms with Gasteiger partial charge in [-0.3, -0.25) is 9.78 Å². The maximum atomic E-state index is 13.2. The summed E-state index contributed by atoms with van der Waals surface area (Å²) < 4.78 is 10.3. The summed E-state index contributed by atoms with van der Waals surface area (Å²) in [5.41, 5.74) is 5.72. The second-order valence-electron chi connectivity index (χ2n) is 10.3. The summed E-state index contributed by atoms with van der Waals surface area (Å²) in [4.78, 5) is 39.8. The lowest BCUT2D eigenvalue weighted by Crippen LogP contribution is -2.34. The van der Waals surface area contributed by atoms with Crippen molar-refractivity contribution in [2.24, 2.45) is 0 Å². The van der Waals surface area contributed by atoms with Crippen LogP contribution in [-0.2, 0) is 0 Å². The van der Waals surface area contributed by atoms with Crippen LogP contribution in [0.5, 0.6) is 0 Å². The van der Waals surface area contributed by atoms with Crippen LogP contribution in [0.2, 0.25) is 0 Å². The van der Waals surface area contributed by atoms with Gasteiger partial charge in [0.15, 0.2) is 5.76 Å². The number of carbonyl (C=O) groups excluding carboxylic acids is 1. The minimum atomic E-state index is -0.676. The largest absolute Gasteiger partial charge is 0.520 e. The third-order valence-electron chi connectivity index (χ3n) is 7.43. The maximum Gasteiger partial charge on any atom is 0.520 e. The highest BCUT2D eigenvalue weighted by molar-refractivity contribution is 6.05. The van der Waals surface area contributed by atoms with Crippen LogP contribution in [0, 0.1) is 13.8 Å². The smallest absolute Gasteiger partial charge is 0.394 e. The minimum absolute atomic E-state index is 0.217. The van der Waals surface area contributed by atoms with Gasteiger partial charge >= 0.3 is 5.82 Å². The van der Waals surface area contributed by atoms with Gasteiger partial charge in [0.1, 0.15) is 0 Å². The lowest BCUT2D eigenvalue weighted by molar-refractivity contribution is 0.102. The summed E-state index contributed by atoms with van der Waals surface area (Å²) in [6.45, 7) is 5.23. The van der Waals surface area contributed by atoms with Crippen molar-refractivity contribution in [1.82, 2.24) is 15.0 Å². The number of piperidine rings is 1. The molecule has 4 heterocycles. The first-order chi connectivity index (χ1) is 20.4. The Morgan fingerprint density at radius 3 is 2.64 bits per heavy atom. The number of benzene rings is 2. The topological polar surface area (TPSA) is 126 Å². The third-order valence-corrected chi connectivity index (χ3v) is 7.43. The summed E-state index contributed by atoms with van der Waals surface area (Å²) in [5.74, 6) is 0.814. The quantitative estimate of drug-likeness (QED) is 0.243. The van der Waals surface area contributed by atoms with Crippen molar-refractivity contribution in [1.29, 1.82) is 0 Å². The fourth-order valence-corrected chi connectivity index (χ4v) is 5.22. The minimum Gasteiger partial charge on any atom is -0.394 e. The van der Waals surface area contributed by atoms with Crippen molar-refractivity contribution in [2.45, 2.75) is 32.6 Å². The first-order valence-corrected chi connectivity index (χ1v) is 13.8. The number of aromatic nitrogens is 3. The van der Waals surface area contributed by atoms with Gasteiger partial charge in [-0.05, 0) is 80.3 Å². The lowest BCUT2D eigenvalue weighted by atomic mass is 9.90. The Labute approximate surface area is 242 Å². The molecule has 0 bridgehead atoms. The SMILES string of the molecule is Cc1ccc(C(=O)Nc2ccc(C3CCCN(c4oc(=O)oc4C)C3)cc2)cc1Nc1nccc(-c2cccnc2)n1. The number of rotatable bonds is 7. The summed E-state index contributed by atoms with van der Waals surface area (Å²) >= 11 is 0. The van der Waals surface area contributed by atoms with E-state index in [4.69, 9.17) is 8.83 Å². The predicted octanol–water partition coefficient (Wildman–Crippen LogP) is 6.08. The highest BCUT2D eigenvalue weighted by Crippen LogP contribution is 2.32. The van der Waals surface area contributed by atoms with Gasteiger partial charge in [0.05, 0.1) is 5.69 Å². The molecule has 1 unspecified atom stereocenters. The number of hydrogen-bond acceptors (Lipinski definition) is 9. The number of nitrogens with one attached hydrogen (secondary N) is 2. The van der Waals surface area contributed by atoms with Crippen molar-refractivity contribution in [3.63, 3.8) is 0 Å². The van der Waals surface area contributed by atoms with Crippen LogP contribution in [0.15, 0.2) is 92.9 Å². The monoisotopic (exact) mass is 562 g/mol. The van der Waals surface area contributed by atoms with E-state index in [1.807, 2.05) is 55.5 Å². The molecular formula is C32H30N6O4. The Balaban J connectivity index is 1.12. The van der Waals surface area contributed by atoms with Crippen molar-refractivity contribution in [3.8, 4) is 11.3 Å². The molecule has 1 aliphatic heterocycles. The molecule has 5 aromatic rings. The Kier molecular flexibility index (Phi) is 7.50. The van der Waals surface area contributed by atoms with Gasteiger partial charge in [-0.15, -0.1) is 0 Å². The van der Waals surface area contributed by atoms with E-state index in [-0.39, 0.29) is 11.8 Å². The Morgan fingerprint density at radius 1 is 1.02 bits per heavy atom. The van der Waals surface area contributed by atoms with Gasteiger partial charge in [-0.1, -0.05) is 18.2 Å². The first kappa shape index (κ1) is 26.9. The zero-order chi connectivity index (χ0) is 29.1. The zero-order valence-electron chi connectivity index (χ0n) is 23.3. The number of aryl methyl sites for hydroxylation is 2. The van der Waals surface area contributed by atoms with E-state index in [0.717, 1.165) is 54.0 Å². The predicted molar refractivity (Wildman–Crippen MR) is 160 cm³/mol. The van der Waals surface area contributed by atoms with E-state index in [1.165, 1.54) is 0 Å². The summed E-state index contributed by atoms with van der Waals surface area (Å²) in [6, 6.07) is 19.0. The average molecular weight is 563 g/mol. The van der Waals surface area contributed by atoms with Crippen LogP contribution in [0.1, 0.15) is 46.0 Å². The molecule has 0 radical (unpaired) electrons. The van der Waals surface area contributed by atoms with E-state index in [0.29, 0.717) is 28.8 Å². The zero-order valence-corrected chi connectivity index (χ0v) is 23.3. The molecule has 212 valence electrons. The Hall–Kier alpha value is -5.25. The molecule has 2 aromatic carbocycles. The number of anilines is 4. The Morgan fingerprint density at radius 2 is 1.88 bits per heavy atom. The molecule has 0 saturated carbocycles. The molecule has 10 heteroatoms. The number of carbonyl (C=O) groups is 1. The van der Waals surface area contributed by atoms with Crippen molar-refractivity contribution < 1.29 is 13.6 Å². The van der Waals surface area contributed by atoms with Crippen LogP contribution in [0.3, 0.4) is 0 Å². The molecule has 0 aliphatic carbocycles. The van der Waals surface area contributed by atoms with E-state index in [9.17, 15) is 9.59 Å². The fourth-order valence-electron chi connectivity index (χ4n) is 5.22. The summed E-state index contributed by atoms with van der Waals surface area (Å²) in [7, 11) is 0. The normalized spacial score (nSPS) is 14.9. The summed E-state index contributed by atoms with van der Waals surface area (Å²) in [6.07, 6.45) is 7.15. The van der Waals surface area contributed by atoms with Crippen molar-refractivity contribution in [3.05, 3.63) is 112 Å². The van der Waals surface area contributed by atoms with Gasteiger partial charge < -0.3 is 24.4 Å². The van der Waals surface area contributed by atoms with Gasteiger partial charge in [0.2, 0.25) is 11.8 Å². The van der Waals surface area contributed by atoms with E-state index >= 15 is 0 Å². The molecule has 3 aromatic heterocycles. The molecule has 6 rings (SSSR count). The van der Waals surface area contributed by atoms with Crippen LogP contribution in [0.4, 0.5) is 23.2 Å². The second kappa shape index (κ2) is 11.7. The van der Waals surface area contributed by atoms with E-state index < -0.39 is 5.82 Å². The number of hydrogen-bond donors (Lipinski definition) is 2. The van der Waals surface area contributed by atoms with Crippen LogP contribution in [-0.4, -0.2) is 33.9 Å². The molecule has 10 nitrogen and oxygen atoms in total. The highest BCUT2D eigenvalue weighted by Gasteiger charge is 2.26. The van der Waals surface area contributed by atoms with Crippen molar-refractivity contribution in [2.75, 3.05) is 28.6 Å². The van der Waals surface area contributed by atoms with Gasteiger partial charge in [-0.25, -0.2) is 14.8 Å². The number of amides is 1. The summed E-state index contributed by atoms with van der Waals surface area (Å²) in [5, 5.41) is 6.25. The Bertz CT molecular complexity index is 1760. The second-order valence-corrected chi connectivity index (χ2v) is 10.3. The van der Waals surface area contributed by atoms with Gasteiger partial charge in [0, 0.05) is 60.1 Å². The van der Waals surface area contributed by atoms with E-state index in [2.05, 4.69) is 30.5 Å². The van der Waals surface area contributed by atoms with Crippen LogP contribution in [0.25, 0.3) is 11.3 Å². The standard InChI is InChI=1S/C32H30N6O4/c1-20-7-8-23(17-28(20)37-31-34-15-13-27(36-31)24-5-3-14-33-18-24)29(39)35-26-11-9-22(10-12-26)25-6-4-16-38(19-25)30-21(2)41-32(40)42-30/h3,5,7-15,17-18,25H,4,6,16,19H2,1-2H3,(H,35,39)(H,34,36,37). The first-order valence-electron chi connectivity index (χ1n) is 13.8. The molecule has 1 saturated heterocycles. The molecule has 1 fully saturated rings. The molecular weight excluding hydrogens is 532 g/mol. The fraction of sp³-hybridized carbons (Fsp3) is 0.219. The molecule has 42 heavy (non-hydrogen) atoms. The third kappa shape index (κ3) is 5.92. The number of pyridine rings is 1. The molecule has 2 N–H and O–H groups in total. The maximum absolute atomic E-state index is 13.2. The van der Waals surface area contributed by atoms with Crippen molar-refractivity contribution >= 4 is 29.1 Å². The molecule has 1 aliphatic rings.